The van der Waals surface area contributed by atoms with Crippen LogP contribution in [-0.4, -0.2) is 18.8 Å². The maximum absolute atomic E-state index is 12.6. The van der Waals surface area contributed by atoms with Gasteiger partial charge in [-0.25, -0.2) is 0 Å². The fourth-order valence-corrected chi connectivity index (χ4v) is 0.862. The van der Waals surface area contributed by atoms with Gasteiger partial charge in [0.05, 0.1) is 6.61 Å². The number of hydrogen-bond donors (Lipinski definition) is 0. The van der Waals surface area contributed by atoms with Gasteiger partial charge in [0.25, 0.3) is 0 Å². The lowest BCUT2D eigenvalue weighted by molar-refractivity contribution is -0.231. The zero-order valence-corrected chi connectivity index (χ0v) is 9.44. The van der Waals surface area contributed by atoms with Crippen LogP contribution in [0.15, 0.2) is 0 Å². The van der Waals surface area contributed by atoms with Crippen molar-refractivity contribution in [1.82, 2.24) is 0 Å². The van der Waals surface area contributed by atoms with Crippen LogP contribution in [0.4, 0.5) is 13.2 Å². The van der Waals surface area contributed by atoms with Crippen LogP contribution in [0.25, 0.3) is 0 Å². The highest BCUT2D eigenvalue weighted by atomic mass is 19.4. The van der Waals surface area contributed by atoms with Crippen LogP contribution in [0.2, 0.25) is 0 Å². The Labute approximate surface area is 87.8 Å². The Bertz CT molecular complexity index is 223. The average Bonchev–Trinajstić information content (AvgIpc) is 2.10. The molecule has 2 nitrogen and oxygen atoms in total. The van der Waals surface area contributed by atoms with Gasteiger partial charge in [0.15, 0.2) is 5.41 Å². The quantitative estimate of drug-likeness (QED) is 0.688. The van der Waals surface area contributed by atoms with E-state index in [1.807, 2.05) is 0 Å². The Balaban J connectivity index is 4.61. The summed E-state index contributed by atoms with van der Waals surface area (Å²) in [5.74, 6) is -1.16. The number of rotatable bonds is 4. The third-order valence-electron chi connectivity index (χ3n) is 2.33. The first-order valence-corrected chi connectivity index (χ1v) is 4.89. The van der Waals surface area contributed by atoms with Gasteiger partial charge in [0, 0.05) is 0 Å². The summed E-state index contributed by atoms with van der Waals surface area (Å²) >= 11 is 0. The number of alkyl halides is 3. The highest BCUT2D eigenvalue weighted by Crippen LogP contribution is 2.41. The SMILES string of the molecule is CCC(C)(C(=O)OCC(C)C)C(F)(F)F. The molecule has 0 aromatic carbocycles. The minimum atomic E-state index is -4.56. The van der Waals surface area contributed by atoms with Gasteiger partial charge in [-0.15, -0.1) is 0 Å². The molecular formula is C10H17F3O2. The molecule has 0 aromatic heterocycles. The molecule has 0 aliphatic carbocycles. The summed E-state index contributed by atoms with van der Waals surface area (Å²) in [7, 11) is 0. The summed E-state index contributed by atoms with van der Waals surface area (Å²) in [5.41, 5.74) is -2.39. The summed E-state index contributed by atoms with van der Waals surface area (Å²) in [6, 6.07) is 0. The molecule has 0 rings (SSSR count). The Morgan fingerprint density at radius 3 is 2.07 bits per heavy atom. The van der Waals surface area contributed by atoms with Crippen LogP contribution in [0.3, 0.4) is 0 Å². The first-order chi connectivity index (χ1) is 6.65. The third kappa shape index (κ3) is 3.39. The summed E-state index contributed by atoms with van der Waals surface area (Å²) in [6.07, 6.45) is -4.87. The van der Waals surface area contributed by atoms with Crippen molar-refractivity contribution in [2.45, 2.75) is 40.3 Å². The lowest BCUT2D eigenvalue weighted by atomic mass is 9.87. The number of hydrogen-bond acceptors (Lipinski definition) is 2. The summed E-state index contributed by atoms with van der Waals surface area (Å²) in [4.78, 5) is 11.3. The van der Waals surface area contributed by atoms with Crippen LogP contribution in [-0.2, 0) is 9.53 Å². The minimum absolute atomic E-state index is 0.0184. The molecule has 90 valence electrons. The van der Waals surface area contributed by atoms with Gasteiger partial charge in [-0.05, 0) is 19.3 Å². The second-order valence-electron chi connectivity index (χ2n) is 4.18. The predicted octanol–water partition coefficient (Wildman–Crippen LogP) is 3.16. The topological polar surface area (TPSA) is 26.3 Å². The smallest absolute Gasteiger partial charge is 0.404 e. The lowest BCUT2D eigenvalue weighted by Crippen LogP contribution is -2.43. The third-order valence-corrected chi connectivity index (χ3v) is 2.33. The molecule has 0 aliphatic heterocycles. The molecule has 1 atom stereocenters. The number of carbonyl (C=O) groups excluding carboxylic acids is 1. The van der Waals surface area contributed by atoms with E-state index in [2.05, 4.69) is 4.74 Å². The summed E-state index contributed by atoms with van der Waals surface area (Å²) in [5, 5.41) is 0. The van der Waals surface area contributed by atoms with Crippen LogP contribution in [0.5, 0.6) is 0 Å². The average molecular weight is 226 g/mol. The van der Waals surface area contributed by atoms with Crippen molar-refractivity contribution >= 4 is 5.97 Å². The fraction of sp³-hybridized carbons (Fsp3) is 0.900. The molecule has 0 aromatic rings. The first-order valence-electron chi connectivity index (χ1n) is 4.89. The van der Waals surface area contributed by atoms with Crippen molar-refractivity contribution in [2.24, 2.45) is 11.3 Å². The van der Waals surface area contributed by atoms with Crippen molar-refractivity contribution < 1.29 is 22.7 Å². The largest absolute Gasteiger partial charge is 0.465 e. The van der Waals surface area contributed by atoms with E-state index in [9.17, 15) is 18.0 Å². The predicted molar refractivity (Wildman–Crippen MR) is 50.3 cm³/mol. The molecule has 0 amide bonds. The zero-order chi connectivity index (χ0) is 12.3. The number of carbonyl (C=O) groups is 1. The Kier molecular flexibility index (Phi) is 4.62. The van der Waals surface area contributed by atoms with Gasteiger partial charge >= 0.3 is 12.1 Å². The van der Waals surface area contributed by atoms with Crippen molar-refractivity contribution in [1.29, 1.82) is 0 Å². The molecular weight excluding hydrogens is 209 g/mol. The molecule has 0 aliphatic rings. The number of halogens is 3. The van der Waals surface area contributed by atoms with Crippen LogP contribution in [0.1, 0.15) is 34.1 Å². The standard InChI is InChI=1S/C10H17F3O2/c1-5-9(4,10(11,12)13)8(14)15-6-7(2)3/h7H,5-6H2,1-4H3. The van der Waals surface area contributed by atoms with Crippen LogP contribution >= 0.6 is 0 Å². The van der Waals surface area contributed by atoms with Gasteiger partial charge in [-0.2, -0.15) is 13.2 Å². The zero-order valence-electron chi connectivity index (χ0n) is 9.44. The molecule has 0 bridgehead atoms. The Morgan fingerprint density at radius 2 is 1.80 bits per heavy atom. The second kappa shape index (κ2) is 4.86. The molecule has 0 radical (unpaired) electrons. The highest BCUT2D eigenvalue weighted by molar-refractivity contribution is 5.77. The summed E-state index contributed by atoms with van der Waals surface area (Å²) in [6.45, 7) is 5.75. The van der Waals surface area contributed by atoms with Crippen molar-refractivity contribution in [3.63, 3.8) is 0 Å². The van der Waals surface area contributed by atoms with Crippen molar-refractivity contribution in [2.75, 3.05) is 6.61 Å². The molecule has 0 heterocycles. The normalized spacial score (nSPS) is 16.3. The van der Waals surface area contributed by atoms with Crippen molar-refractivity contribution in [3.8, 4) is 0 Å². The fourth-order valence-electron chi connectivity index (χ4n) is 0.862. The monoisotopic (exact) mass is 226 g/mol. The van der Waals surface area contributed by atoms with Crippen LogP contribution in [0, 0.1) is 11.3 Å². The van der Waals surface area contributed by atoms with E-state index in [4.69, 9.17) is 0 Å². The maximum atomic E-state index is 12.6. The maximum Gasteiger partial charge on any atom is 0.404 e. The molecule has 0 saturated heterocycles. The molecule has 1 unspecified atom stereocenters. The Morgan fingerprint density at radius 1 is 1.33 bits per heavy atom. The number of ether oxygens (including phenoxy) is 1. The van der Waals surface area contributed by atoms with E-state index in [0.29, 0.717) is 0 Å². The van der Waals surface area contributed by atoms with E-state index in [1.165, 1.54) is 6.92 Å². The van der Waals surface area contributed by atoms with E-state index in [1.54, 1.807) is 13.8 Å². The molecule has 0 spiro atoms. The highest BCUT2D eigenvalue weighted by Gasteiger charge is 2.56. The van der Waals surface area contributed by atoms with E-state index in [-0.39, 0.29) is 18.9 Å². The van der Waals surface area contributed by atoms with Gasteiger partial charge in [0.1, 0.15) is 0 Å². The molecule has 0 N–H and O–H groups in total. The molecule has 0 saturated carbocycles. The van der Waals surface area contributed by atoms with Gasteiger partial charge in [-0.3, -0.25) is 4.79 Å². The van der Waals surface area contributed by atoms with Gasteiger partial charge < -0.3 is 4.74 Å². The molecule has 15 heavy (non-hydrogen) atoms. The van der Waals surface area contributed by atoms with E-state index < -0.39 is 17.6 Å². The van der Waals surface area contributed by atoms with E-state index >= 15 is 0 Å². The Hall–Kier alpha value is -0.740. The van der Waals surface area contributed by atoms with Crippen LogP contribution < -0.4 is 0 Å². The molecule has 5 heteroatoms. The number of esters is 1. The first kappa shape index (κ1) is 14.3. The minimum Gasteiger partial charge on any atom is -0.465 e. The molecule has 0 fully saturated rings. The van der Waals surface area contributed by atoms with Crippen molar-refractivity contribution in [3.05, 3.63) is 0 Å². The second-order valence-corrected chi connectivity index (χ2v) is 4.18. The lowest BCUT2D eigenvalue weighted by Gasteiger charge is -2.28. The van der Waals surface area contributed by atoms with Gasteiger partial charge in [-0.1, -0.05) is 20.8 Å². The summed E-state index contributed by atoms with van der Waals surface area (Å²) < 4.78 is 42.4. The van der Waals surface area contributed by atoms with Gasteiger partial charge in [0.2, 0.25) is 0 Å². The van der Waals surface area contributed by atoms with E-state index in [0.717, 1.165) is 6.92 Å².